The molecule has 41 heavy (non-hydrogen) atoms. The summed E-state index contributed by atoms with van der Waals surface area (Å²) in [4.78, 5) is 61.4. The Morgan fingerprint density at radius 2 is 1.76 bits per heavy atom. The number of rotatable bonds is 11. The molecule has 23 heteroatoms. The van der Waals surface area contributed by atoms with Crippen LogP contribution in [0.1, 0.15) is 16.6 Å². The second kappa shape index (κ2) is 11.8. The third-order valence-electron chi connectivity index (χ3n) is 5.44. The summed E-state index contributed by atoms with van der Waals surface area (Å²) in [5, 5.41) is 14.0. The summed E-state index contributed by atoms with van der Waals surface area (Å²) in [5.41, 5.74) is 6.82. The Bertz CT molecular complexity index is 1560. The molecule has 2 aromatic heterocycles. The highest BCUT2D eigenvalue weighted by molar-refractivity contribution is 7.66. The molecule has 0 amide bonds. The number of hydrogen-bond acceptors (Lipinski definition) is 15. The van der Waals surface area contributed by atoms with Crippen LogP contribution in [-0.2, 0) is 36.3 Å². The van der Waals surface area contributed by atoms with Gasteiger partial charge in [0.05, 0.1) is 18.5 Å². The Kier molecular flexibility index (Phi) is 8.96. The fourth-order valence-electron chi connectivity index (χ4n) is 3.72. The zero-order valence-corrected chi connectivity index (χ0v) is 23.3. The van der Waals surface area contributed by atoms with Gasteiger partial charge in [-0.05, 0) is 24.3 Å². The van der Waals surface area contributed by atoms with Gasteiger partial charge in [-0.1, -0.05) is 0 Å². The number of benzene rings is 1. The molecule has 224 valence electrons. The number of aliphatic hydroxyl groups is 1. The number of ether oxygens (including phenoxy) is 2. The van der Waals surface area contributed by atoms with E-state index in [1.165, 1.54) is 23.0 Å². The van der Waals surface area contributed by atoms with E-state index in [1.54, 1.807) is 19.2 Å². The fraction of sp³-hybridized carbons (Fsp3) is 0.333. The van der Waals surface area contributed by atoms with Crippen LogP contribution in [0.25, 0.3) is 11.2 Å². The number of aliphatic hydroxyl groups excluding tert-OH is 1. The molecular formula is C18H23N6O14P3. The van der Waals surface area contributed by atoms with Crippen molar-refractivity contribution in [2.45, 2.75) is 24.5 Å². The molecule has 0 radical (unpaired) electrons. The van der Waals surface area contributed by atoms with Gasteiger partial charge in [0.1, 0.15) is 24.1 Å². The number of imidazole rings is 1. The lowest BCUT2D eigenvalue weighted by molar-refractivity contribution is -0.0520. The first-order valence-corrected chi connectivity index (χ1v) is 15.6. The molecule has 1 saturated heterocycles. The summed E-state index contributed by atoms with van der Waals surface area (Å²) in [7, 11) is -15.3. The van der Waals surface area contributed by atoms with Crippen molar-refractivity contribution in [3.63, 3.8) is 0 Å². The molecular weight excluding hydrogens is 617 g/mol. The van der Waals surface area contributed by atoms with E-state index in [0.29, 0.717) is 5.69 Å². The molecule has 0 saturated carbocycles. The zero-order valence-electron chi connectivity index (χ0n) is 20.6. The number of carbonyl (C=O) groups is 1. The Morgan fingerprint density at radius 3 is 2.39 bits per heavy atom. The summed E-state index contributed by atoms with van der Waals surface area (Å²) in [5.74, 6) is -0.912. The highest BCUT2D eigenvalue weighted by atomic mass is 31.3. The number of aromatic nitrogens is 4. The van der Waals surface area contributed by atoms with E-state index in [-0.39, 0.29) is 22.5 Å². The maximum absolute atomic E-state index is 12.9. The number of phosphoric acid groups is 3. The molecule has 0 spiro atoms. The number of hydrogen-bond donors (Lipinski definition) is 7. The summed E-state index contributed by atoms with van der Waals surface area (Å²) in [6, 6.07) is 6.01. The zero-order chi connectivity index (χ0) is 30.2. The number of esters is 1. The number of nitrogens with two attached hydrogens (primary N) is 1. The number of fused-ring (bicyclic) bond motifs is 1. The minimum atomic E-state index is -5.80. The molecule has 1 aliphatic rings. The van der Waals surface area contributed by atoms with Crippen LogP contribution in [-0.4, -0.2) is 82.1 Å². The van der Waals surface area contributed by atoms with Crippen LogP contribution in [0, 0.1) is 0 Å². The van der Waals surface area contributed by atoms with Gasteiger partial charge in [-0.2, -0.15) is 8.62 Å². The van der Waals surface area contributed by atoms with E-state index in [9.17, 15) is 33.4 Å². The van der Waals surface area contributed by atoms with Crippen molar-refractivity contribution in [3.05, 3.63) is 42.5 Å². The van der Waals surface area contributed by atoms with Crippen LogP contribution in [0.4, 0.5) is 11.5 Å². The van der Waals surface area contributed by atoms with Gasteiger partial charge in [-0.15, -0.1) is 0 Å². The highest BCUT2D eigenvalue weighted by Crippen LogP contribution is 2.66. The Morgan fingerprint density at radius 1 is 1.07 bits per heavy atom. The molecule has 1 fully saturated rings. The van der Waals surface area contributed by atoms with Crippen LogP contribution in [0.2, 0.25) is 0 Å². The van der Waals surface area contributed by atoms with Gasteiger partial charge in [0.25, 0.3) is 0 Å². The number of anilines is 2. The maximum atomic E-state index is 12.9. The van der Waals surface area contributed by atoms with Gasteiger partial charge in [-0.25, -0.2) is 33.4 Å². The topological polar surface area (TPSA) is 297 Å². The highest BCUT2D eigenvalue weighted by Gasteiger charge is 2.49. The van der Waals surface area contributed by atoms with Gasteiger partial charge in [0.2, 0.25) is 0 Å². The molecule has 20 nitrogen and oxygen atoms in total. The average molecular weight is 640 g/mol. The summed E-state index contributed by atoms with van der Waals surface area (Å²) < 4.78 is 59.2. The first-order chi connectivity index (χ1) is 19.1. The molecule has 1 aliphatic heterocycles. The van der Waals surface area contributed by atoms with Crippen molar-refractivity contribution >= 4 is 52.1 Å². The second-order valence-electron chi connectivity index (χ2n) is 8.22. The predicted octanol–water partition coefficient (Wildman–Crippen LogP) is 0.277. The van der Waals surface area contributed by atoms with Crippen molar-refractivity contribution in [1.82, 2.24) is 19.5 Å². The van der Waals surface area contributed by atoms with Crippen molar-refractivity contribution in [3.8, 4) is 0 Å². The lowest BCUT2D eigenvalue weighted by Gasteiger charge is -2.22. The van der Waals surface area contributed by atoms with Crippen molar-refractivity contribution in [2.75, 3.05) is 24.7 Å². The van der Waals surface area contributed by atoms with E-state index in [0.717, 1.165) is 6.33 Å². The van der Waals surface area contributed by atoms with Crippen LogP contribution < -0.4 is 11.1 Å². The first-order valence-electron chi connectivity index (χ1n) is 11.1. The standard InChI is InChI=1S/C18H23N6O14P3/c1-20-10-4-2-9(3-5-10)18(26)36-14-11(6-34-40(30,31)38-41(32,33)37-39(27,28)29)35-17(13(14)25)24-8-23-12-15(19)21-7-22-16(12)24/h2-5,7-8,11,13-14,17,20,25H,6H2,1H3,(H,30,31)(H,32,33)(H2,19,21,22)(H2,27,28,29)/t11-,13-,14-,17-/m1/s1. The monoisotopic (exact) mass is 640 g/mol. The summed E-state index contributed by atoms with van der Waals surface area (Å²) in [6.07, 6.45) is -3.84. The van der Waals surface area contributed by atoms with E-state index in [1.807, 2.05) is 0 Å². The Balaban J connectivity index is 1.58. The molecule has 0 aliphatic carbocycles. The number of nitrogens with one attached hydrogen (secondary N) is 1. The normalized spacial score (nSPS) is 24.0. The molecule has 4 rings (SSSR count). The number of nitrogens with zero attached hydrogens (tertiary/aromatic N) is 4. The fourth-order valence-corrected chi connectivity index (χ4v) is 6.75. The minimum Gasteiger partial charge on any atom is -0.453 e. The average Bonchev–Trinajstić information content (AvgIpc) is 3.42. The van der Waals surface area contributed by atoms with E-state index >= 15 is 0 Å². The van der Waals surface area contributed by atoms with Crippen LogP contribution in [0.15, 0.2) is 36.9 Å². The van der Waals surface area contributed by atoms with Crippen molar-refractivity contribution in [2.24, 2.45) is 0 Å². The Hall–Kier alpha value is -2.83. The lowest BCUT2D eigenvalue weighted by Crippen LogP contribution is -2.38. The second-order valence-corrected chi connectivity index (χ2v) is 12.6. The van der Waals surface area contributed by atoms with E-state index in [4.69, 9.17) is 25.0 Å². The van der Waals surface area contributed by atoms with Crippen LogP contribution in [0.3, 0.4) is 0 Å². The van der Waals surface area contributed by atoms with Crippen molar-refractivity contribution in [1.29, 1.82) is 0 Å². The lowest BCUT2D eigenvalue weighted by atomic mass is 10.1. The van der Waals surface area contributed by atoms with Gasteiger partial charge in [0.15, 0.2) is 23.8 Å². The molecule has 8 N–H and O–H groups in total. The van der Waals surface area contributed by atoms with Crippen LogP contribution >= 0.6 is 23.5 Å². The van der Waals surface area contributed by atoms with Gasteiger partial charge in [-0.3, -0.25) is 9.09 Å². The number of nitrogen functional groups attached to an aromatic ring is 1. The Labute approximate surface area is 229 Å². The molecule has 0 bridgehead atoms. The SMILES string of the molecule is CNc1ccc(C(=O)O[C@H]2[C@@H](O)[C@H](n3cnc4c(N)ncnc43)O[C@@H]2COP(=O)(O)OP(=O)(O)OP(=O)(O)O)cc1. The number of carbonyl (C=O) groups excluding carboxylic acids is 1. The van der Waals surface area contributed by atoms with E-state index < -0.39 is 60.6 Å². The predicted molar refractivity (Wildman–Crippen MR) is 135 cm³/mol. The third kappa shape index (κ3) is 7.52. The van der Waals surface area contributed by atoms with Crippen molar-refractivity contribution < 1.29 is 65.8 Å². The largest absolute Gasteiger partial charge is 0.490 e. The quantitative estimate of drug-likeness (QED) is 0.109. The van der Waals surface area contributed by atoms with Gasteiger partial charge >= 0.3 is 29.4 Å². The minimum absolute atomic E-state index is 0.0124. The molecule has 3 aromatic rings. The maximum Gasteiger partial charge on any atom is 0.490 e. The first kappa shape index (κ1) is 31.1. The smallest absolute Gasteiger partial charge is 0.453 e. The van der Waals surface area contributed by atoms with Gasteiger partial charge in [0, 0.05) is 12.7 Å². The molecule has 3 heterocycles. The van der Waals surface area contributed by atoms with Gasteiger partial charge < -0.3 is 45.2 Å². The number of phosphoric ester groups is 1. The molecule has 6 atom stereocenters. The van der Waals surface area contributed by atoms with E-state index in [2.05, 4.69) is 33.4 Å². The molecule has 1 aromatic carbocycles. The summed E-state index contributed by atoms with van der Waals surface area (Å²) in [6.45, 7) is -1.02. The van der Waals surface area contributed by atoms with Crippen LogP contribution in [0.5, 0.6) is 0 Å². The third-order valence-corrected chi connectivity index (χ3v) is 9.24. The molecule has 2 unspecified atom stereocenters. The summed E-state index contributed by atoms with van der Waals surface area (Å²) >= 11 is 0.